The number of rotatable bonds is 4. The van der Waals surface area contributed by atoms with E-state index in [1.807, 2.05) is 0 Å². The van der Waals surface area contributed by atoms with E-state index in [0.29, 0.717) is 6.42 Å². The van der Waals surface area contributed by atoms with Crippen molar-refractivity contribution in [1.29, 1.82) is 0 Å². The number of thiophene rings is 1. The first-order valence-corrected chi connectivity index (χ1v) is 8.37. The van der Waals surface area contributed by atoms with E-state index in [0.717, 1.165) is 18.2 Å². The monoisotopic (exact) mass is 290 g/mol. The van der Waals surface area contributed by atoms with Crippen molar-refractivity contribution in [1.82, 2.24) is 9.80 Å². The average Bonchev–Trinajstić information content (AvgIpc) is 3.23. The summed E-state index contributed by atoms with van der Waals surface area (Å²) < 4.78 is 0. The van der Waals surface area contributed by atoms with Crippen molar-refractivity contribution in [2.45, 2.75) is 31.8 Å². The summed E-state index contributed by atoms with van der Waals surface area (Å²) in [5, 5.41) is 10.9. The number of aliphatic hydroxyl groups is 1. The summed E-state index contributed by atoms with van der Waals surface area (Å²) in [5.41, 5.74) is 1.15. The highest BCUT2D eigenvalue weighted by Gasteiger charge is 2.31. The third kappa shape index (κ3) is 3.62. The van der Waals surface area contributed by atoms with Crippen LogP contribution in [0.2, 0.25) is 0 Å². The molecule has 1 aromatic rings. The van der Waals surface area contributed by atoms with E-state index in [1.54, 1.807) is 11.3 Å². The lowest BCUT2D eigenvalue weighted by atomic mass is 10.2. The summed E-state index contributed by atoms with van der Waals surface area (Å²) in [4.78, 5) is 6.56. The summed E-state index contributed by atoms with van der Waals surface area (Å²) in [6.07, 6.45) is 3.39. The smallest absolute Gasteiger partial charge is 0.0540 e. The minimum Gasteiger partial charge on any atom is -0.395 e. The van der Waals surface area contributed by atoms with Gasteiger partial charge in [-0.1, -0.05) is 11.8 Å². The number of piperazine rings is 1. The molecule has 2 heterocycles. The summed E-state index contributed by atoms with van der Waals surface area (Å²) >= 11 is 1.80. The van der Waals surface area contributed by atoms with Gasteiger partial charge in [0, 0.05) is 55.6 Å². The molecule has 1 N–H and O–H groups in total. The molecule has 1 aromatic heterocycles. The number of nitrogens with zero attached hydrogens (tertiary/aromatic N) is 2. The van der Waals surface area contributed by atoms with Crippen LogP contribution in [0.1, 0.15) is 29.7 Å². The van der Waals surface area contributed by atoms with Gasteiger partial charge in [-0.2, -0.15) is 0 Å². The van der Waals surface area contributed by atoms with Crippen LogP contribution >= 0.6 is 11.3 Å². The molecule has 0 aromatic carbocycles. The Bertz CT molecular complexity index is 490. The maximum absolute atomic E-state index is 8.79. The Morgan fingerprint density at radius 2 is 2.05 bits per heavy atom. The fourth-order valence-corrected chi connectivity index (χ4v) is 3.59. The molecule has 2 fully saturated rings. The Labute approximate surface area is 125 Å². The van der Waals surface area contributed by atoms with E-state index in [9.17, 15) is 0 Å². The van der Waals surface area contributed by atoms with Gasteiger partial charge in [-0.15, -0.1) is 11.3 Å². The second-order valence-corrected chi connectivity index (χ2v) is 6.58. The Balaban J connectivity index is 1.53. The molecule has 1 aliphatic carbocycles. The van der Waals surface area contributed by atoms with Gasteiger partial charge >= 0.3 is 0 Å². The van der Waals surface area contributed by atoms with Gasteiger partial charge in [0.15, 0.2) is 0 Å². The molecule has 0 bridgehead atoms. The van der Waals surface area contributed by atoms with Crippen LogP contribution in [0.5, 0.6) is 0 Å². The van der Waals surface area contributed by atoms with E-state index >= 15 is 0 Å². The molecular formula is C16H22N2OS. The third-order valence-corrected chi connectivity index (χ3v) is 4.95. The molecule has 0 unspecified atom stereocenters. The van der Waals surface area contributed by atoms with Crippen molar-refractivity contribution in [3.05, 3.63) is 21.9 Å². The van der Waals surface area contributed by atoms with Crippen molar-refractivity contribution in [2.75, 3.05) is 32.8 Å². The van der Waals surface area contributed by atoms with Crippen molar-refractivity contribution in [2.24, 2.45) is 0 Å². The fraction of sp³-hybridized carbons (Fsp3) is 0.625. The zero-order chi connectivity index (χ0) is 13.8. The van der Waals surface area contributed by atoms with Gasteiger partial charge in [0.1, 0.15) is 0 Å². The molecule has 20 heavy (non-hydrogen) atoms. The van der Waals surface area contributed by atoms with Gasteiger partial charge in [0.25, 0.3) is 0 Å². The van der Waals surface area contributed by atoms with E-state index in [4.69, 9.17) is 5.11 Å². The molecular weight excluding hydrogens is 268 g/mol. The third-order valence-electron chi connectivity index (χ3n) is 4.04. The van der Waals surface area contributed by atoms with E-state index in [2.05, 4.69) is 33.1 Å². The van der Waals surface area contributed by atoms with Gasteiger partial charge in [-0.25, -0.2) is 0 Å². The van der Waals surface area contributed by atoms with Crippen molar-refractivity contribution < 1.29 is 5.11 Å². The zero-order valence-corrected chi connectivity index (χ0v) is 12.7. The fourth-order valence-electron chi connectivity index (χ4n) is 2.72. The van der Waals surface area contributed by atoms with Gasteiger partial charge in [-0.3, -0.25) is 9.80 Å². The first-order chi connectivity index (χ1) is 9.86. The van der Waals surface area contributed by atoms with Crippen LogP contribution < -0.4 is 0 Å². The molecule has 108 valence electrons. The van der Waals surface area contributed by atoms with Gasteiger partial charge in [0.2, 0.25) is 0 Å². The first kappa shape index (κ1) is 14.1. The van der Waals surface area contributed by atoms with E-state index in [-0.39, 0.29) is 6.61 Å². The lowest BCUT2D eigenvalue weighted by molar-refractivity contribution is 0.122. The van der Waals surface area contributed by atoms with Crippen LogP contribution in [0, 0.1) is 11.8 Å². The van der Waals surface area contributed by atoms with Crippen molar-refractivity contribution in [3.8, 4) is 11.8 Å². The quantitative estimate of drug-likeness (QED) is 0.856. The van der Waals surface area contributed by atoms with Crippen molar-refractivity contribution in [3.63, 3.8) is 0 Å². The highest BCUT2D eigenvalue weighted by molar-refractivity contribution is 7.10. The molecule has 0 spiro atoms. The Morgan fingerprint density at radius 3 is 2.75 bits per heavy atom. The Morgan fingerprint density at radius 1 is 1.25 bits per heavy atom. The van der Waals surface area contributed by atoms with Crippen LogP contribution in [0.4, 0.5) is 0 Å². The largest absolute Gasteiger partial charge is 0.395 e. The number of hydrogen-bond donors (Lipinski definition) is 1. The summed E-state index contributed by atoms with van der Waals surface area (Å²) in [7, 11) is 0. The van der Waals surface area contributed by atoms with Crippen LogP contribution in [0.15, 0.2) is 11.4 Å². The second kappa shape index (κ2) is 6.73. The van der Waals surface area contributed by atoms with Gasteiger partial charge in [-0.05, 0) is 24.3 Å². The predicted octanol–water partition coefficient (Wildman–Crippen LogP) is 1.76. The molecule has 0 radical (unpaired) electrons. The molecule has 3 nitrogen and oxygen atoms in total. The van der Waals surface area contributed by atoms with Crippen LogP contribution in [-0.2, 0) is 6.54 Å². The summed E-state index contributed by atoms with van der Waals surface area (Å²) in [5.74, 6) is 6.21. The average molecular weight is 290 g/mol. The minimum absolute atomic E-state index is 0.148. The summed E-state index contributed by atoms with van der Waals surface area (Å²) in [6.45, 7) is 5.98. The highest BCUT2D eigenvalue weighted by atomic mass is 32.1. The van der Waals surface area contributed by atoms with Gasteiger partial charge < -0.3 is 5.11 Å². The van der Waals surface area contributed by atoms with Crippen molar-refractivity contribution >= 4 is 11.3 Å². The van der Waals surface area contributed by atoms with Crippen LogP contribution in [0.25, 0.3) is 0 Å². The molecule has 1 aliphatic heterocycles. The molecule has 1 saturated heterocycles. The molecule has 0 amide bonds. The highest BCUT2D eigenvalue weighted by Crippen LogP contribution is 2.28. The number of hydrogen-bond acceptors (Lipinski definition) is 4. The zero-order valence-electron chi connectivity index (χ0n) is 11.8. The standard InChI is InChI=1S/C16H22N2OS/c19-11-2-1-3-14-6-12-20-16(14)13-17-7-9-18(10-8-17)15-4-5-15/h6,12,15,19H,2,4-5,7-11,13H2. The van der Waals surface area contributed by atoms with Crippen LogP contribution in [0.3, 0.4) is 0 Å². The molecule has 1 saturated carbocycles. The Kier molecular flexibility index (Phi) is 4.74. The molecule has 4 heteroatoms. The molecule has 2 aliphatic rings. The topological polar surface area (TPSA) is 26.7 Å². The van der Waals surface area contributed by atoms with Gasteiger partial charge in [0.05, 0.1) is 6.61 Å². The van der Waals surface area contributed by atoms with E-state index in [1.165, 1.54) is 43.9 Å². The van der Waals surface area contributed by atoms with Crippen LogP contribution in [-0.4, -0.2) is 53.7 Å². The summed E-state index contributed by atoms with van der Waals surface area (Å²) in [6, 6.07) is 3.00. The Hall–Kier alpha value is -0.860. The predicted molar refractivity (Wildman–Crippen MR) is 82.8 cm³/mol. The molecule has 3 rings (SSSR count). The normalized spacial score (nSPS) is 20.6. The first-order valence-electron chi connectivity index (χ1n) is 7.49. The maximum atomic E-state index is 8.79. The lowest BCUT2D eigenvalue weighted by Crippen LogP contribution is -2.46. The minimum atomic E-state index is 0.148. The number of aliphatic hydroxyl groups excluding tert-OH is 1. The lowest BCUT2D eigenvalue weighted by Gasteiger charge is -2.34. The maximum Gasteiger partial charge on any atom is 0.0540 e. The SMILES string of the molecule is OCCC#Cc1ccsc1CN1CCN(C2CC2)CC1. The van der Waals surface area contributed by atoms with E-state index < -0.39 is 0 Å². The second-order valence-electron chi connectivity index (χ2n) is 5.58. The molecule has 0 atom stereocenters.